The maximum atomic E-state index is 11.3. The van der Waals surface area contributed by atoms with Crippen LogP contribution in [0.5, 0.6) is 0 Å². The van der Waals surface area contributed by atoms with Gasteiger partial charge in [-0.15, -0.1) is 0 Å². The van der Waals surface area contributed by atoms with E-state index in [9.17, 15) is 8.42 Å². The molecular formula is C9H18O2S. The first-order valence-corrected chi connectivity index (χ1v) is 6.55. The fourth-order valence-corrected chi connectivity index (χ4v) is 3.73. The van der Waals surface area contributed by atoms with Crippen molar-refractivity contribution in [2.45, 2.75) is 38.4 Å². The van der Waals surface area contributed by atoms with Crippen molar-refractivity contribution in [3.63, 3.8) is 0 Å². The third-order valence-corrected chi connectivity index (χ3v) is 4.69. The van der Waals surface area contributed by atoms with E-state index >= 15 is 0 Å². The summed E-state index contributed by atoms with van der Waals surface area (Å²) in [6.45, 7) is 4.20. The second kappa shape index (κ2) is 3.36. The molecule has 3 heteroatoms. The summed E-state index contributed by atoms with van der Waals surface area (Å²) in [5, 5.41) is -0.0822. The van der Waals surface area contributed by atoms with Crippen LogP contribution in [0, 0.1) is 11.8 Å². The largest absolute Gasteiger partial charge is 0.229 e. The van der Waals surface area contributed by atoms with Crippen molar-refractivity contribution in [3.8, 4) is 0 Å². The van der Waals surface area contributed by atoms with E-state index in [1.165, 1.54) is 12.7 Å². The van der Waals surface area contributed by atoms with Gasteiger partial charge in [-0.1, -0.05) is 20.3 Å². The van der Waals surface area contributed by atoms with Crippen molar-refractivity contribution in [2.75, 3.05) is 6.26 Å². The summed E-state index contributed by atoms with van der Waals surface area (Å²) in [4.78, 5) is 0. The average Bonchev–Trinajstić information content (AvgIpc) is 1.92. The number of hydrogen-bond donors (Lipinski definition) is 0. The Morgan fingerprint density at radius 1 is 1.17 bits per heavy atom. The van der Waals surface area contributed by atoms with Crippen LogP contribution >= 0.6 is 0 Å². The minimum absolute atomic E-state index is 0.0822. The second-order valence-electron chi connectivity index (χ2n) is 4.26. The van der Waals surface area contributed by atoms with Gasteiger partial charge >= 0.3 is 0 Å². The van der Waals surface area contributed by atoms with E-state index in [0.29, 0.717) is 11.8 Å². The summed E-state index contributed by atoms with van der Waals surface area (Å²) in [5.41, 5.74) is 0. The van der Waals surface area contributed by atoms with Crippen molar-refractivity contribution in [2.24, 2.45) is 11.8 Å². The third-order valence-electron chi connectivity index (χ3n) is 2.93. The standard InChI is InChI=1S/C9H18O2S/c1-7-4-5-8(2)9(6-7)12(3,10)11/h7-9H,4-6H2,1-3H3. The molecule has 0 spiro atoms. The molecule has 12 heavy (non-hydrogen) atoms. The van der Waals surface area contributed by atoms with Gasteiger partial charge in [0, 0.05) is 6.26 Å². The highest BCUT2D eigenvalue weighted by atomic mass is 32.2. The topological polar surface area (TPSA) is 34.1 Å². The molecular weight excluding hydrogens is 172 g/mol. The van der Waals surface area contributed by atoms with Gasteiger partial charge in [-0.05, 0) is 24.7 Å². The Morgan fingerprint density at radius 3 is 2.17 bits per heavy atom. The van der Waals surface area contributed by atoms with Crippen molar-refractivity contribution in [1.82, 2.24) is 0 Å². The third kappa shape index (κ3) is 2.22. The molecule has 2 nitrogen and oxygen atoms in total. The molecule has 3 atom stereocenters. The molecule has 0 aromatic rings. The van der Waals surface area contributed by atoms with Crippen LogP contribution in [-0.2, 0) is 9.84 Å². The quantitative estimate of drug-likeness (QED) is 0.632. The van der Waals surface area contributed by atoms with Crippen molar-refractivity contribution in [3.05, 3.63) is 0 Å². The monoisotopic (exact) mass is 190 g/mol. The first-order chi connectivity index (χ1) is 5.41. The van der Waals surface area contributed by atoms with Gasteiger partial charge in [0.1, 0.15) is 0 Å². The first-order valence-electron chi connectivity index (χ1n) is 4.60. The highest BCUT2D eigenvalue weighted by molar-refractivity contribution is 7.91. The second-order valence-corrected chi connectivity index (χ2v) is 6.53. The summed E-state index contributed by atoms with van der Waals surface area (Å²) in [7, 11) is -2.81. The van der Waals surface area contributed by atoms with Crippen LogP contribution in [0.3, 0.4) is 0 Å². The van der Waals surface area contributed by atoms with Crippen LogP contribution in [0.2, 0.25) is 0 Å². The average molecular weight is 190 g/mol. The van der Waals surface area contributed by atoms with Crippen molar-refractivity contribution >= 4 is 9.84 Å². The molecule has 0 heterocycles. The molecule has 0 aliphatic heterocycles. The molecule has 3 unspecified atom stereocenters. The molecule has 1 fully saturated rings. The molecule has 0 aromatic carbocycles. The zero-order valence-corrected chi connectivity index (χ0v) is 8.89. The number of rotatable bonds is 1. The van der Waals surface area contributed by atoms with E-state index < -0.39 is 9.84 Å². The molecule has 0 bridgehead atoms. The van der Waals surface area contributed by atoms with E-state index in [2.05, 4.69) is 13.8 Å². The van der Waals surface area contributed by atoms with Gasteiger partial charge in [-0.3, -0.25) is 0 Å². The molecule has 1 saturated carbocycles. The van der Waals surface area contributed by atoms with Crippen LogP contribution in [0.15, 0.2) is 0 Å². The smallest absolute Gasteiger partial charge is 0.150 e. The predicted molar refractivity (Wildman–Crippen MR) is 50.8 cm³/mol. The van der Waals surface area contributed by atoms with Crippen LogP contribution in [0.1, 0.15) is 33.1 Å². The molecule has 1 rings (SSSR count). The Kier molecular flexibility index (Phi) is 2.81. The molecule has 0 amide bonds. The summed E-state index contributed by atoms with van der Waals surface area (Å²) < 4.78 is 22.7. The summed E-state index contributed by atoms with van der Waals surface area (Å²) in [6.07, 6.45) is 4.48. The zero-order valence-electron chi connectivity index (χ0n) is 8.08. The number of hydrogen-bond acceptors (Lipinski definition) is 2. The molecule has 0 N–H and O–H groups in total. The molecule has 1 aliphatic carbocycles. The lowest BCUT2D eigenvalue weighted by Crippen LogP contribution is -2.33. The highest BCUT2D eigenvalue weighted by Crippen LogP contribution is 2.32. The zero-order chi connectivity index (χ0) is 9.35. The maximum absolute atomic E-state index is 11.3. The van der Waals surface area contributed by atoms with Gasteiger partial charge < -0.3 is 0 Å². The lowest BCUT2D eigenvalue weighted by Gasteiger charge is -2.31. The first kappa shape index (κ1) is 10.0. The predicted octanol–water partition coefficient (Wildman–Crippen LogP) is 1.86. The summed E-state index contributed by atoms with van der Waals surface area (Å²) >= 11 is 0. The van der Waals surface area contributed by atoms with Crippen molar-refractivity contribution in [1.29, 1.82) is 0 Å². The Hall–Kier alpha value is -0.0500. The lowest BCUT2D eigenvalue weighted by molar-refractivity contribution is 0.309. The normalized spacial score (nSPS) is 38.1. The fraction of sp³-hybridized carbons (Fsp3) is 1.00. The minimum atomic E-state index is -2.81. The van der Waals surface area contributed by atoms with Gasteiger partial charge in [-0.25, -0.2) is 8.42 Å². The molecule has 1 aliphatic rings. The Labute approximate surface area is 75.3 Å². The van der Waals surface area contributed by atoms with Gasteiger partial charge in [0.15, 0.2) is 9.84 Å². The molecule has 0 radical (unpaired) electrons. The van der Waals surface area contributed by atoms with Crippen LogP contribution < -0.4 is 0 Å². The number of sulfone groups is 1. The SMILES string of the molecule is CC1CCC(C)C(S(C)(=O)=O)C1. The van der Waals surface area contributed by atoms with E-state index in [4.69, 9.17) is 0 Å². The van der Waals surface area contributed by atoms with Gasteiger partial charge in [-0.2, -0.15) is 0 Å². The van der Waals surface area contributed by atoms with Gasteiger partial charge in [0.25, 0.3) is 0 Å². The van der Waals surface area contributed by atoms with Crippen molar-refractivity contribution < 1.29 is 8.42 Å². The maximum Gasteiger partial charge on any atom is 0.150 e. The van der Waals surface area contributed by atoms with E-state index in [1.807, 2.05) is 0 Å². The molecule has 0 aromatic heterocycles. The van der Waals surface area contributed by atoms with Crippen LogP contribution in [0.25, 0.3) is 0 Å². The lowest BCUT2D eigenvalue weighted by atomic mass is 9.84. The fourth-order valence-electron chi connectivity index (χ4n) is 2.08. The molecule has 72 valence electrons. The summed E-state index contributed by atoms with van der Waals surface area (Å²) in [6, 6.07) is 0. The molecule has 0 saturated heterocycles. The Balaban J connectivity index is 2.74. The van der Waals surface area contributed by atoms with E-state index in [1.54, 1.807) is 0 Å². The minimum Gasteiger partial charge on any atom is -0.229 e. The van der Waals surface area contributed by atoms with E-state index in [0.717, 1.165) is 12.8 Å². The Morgan fingerprint density at radius 2 is 1.75 bits per heavy atom. The highest BCUT2D eigenvalue weighted by Gasteiger charge is 2.32. The van der Waals surface area contributed by atoms with Gasteiger partial charge in [0.05, 0.1) is 5.25 Å². The van der Waals surface area contributed by atoms with Crippen LogP contribution in [0.4, 0.5) is 0 Å². The summed E-state index contributed by atoms with van der Waals surface area (Å²) in [5.74, 6) is 0.942. The van der Waals surface area contributed by atoms with E-state index in [-0.39, 0.29) is 5.25 Å². The van der Waals surface area contributed by atoms with Gasteiger partial charge in [0.2, 0.25) is 0 Å². The Bertz CT molecular complexity index is 243. The van der Waals surface area contributed by atoms with Crippen LogP contribution in [-0.4, -0.2) is 19.9 Å².